The molecule has 1 saturated heterocycles. The van der Waals surface area contributed by atoms with Crippen LogP contribution in [0, 0.1) is 0 Å². The van der Waals surface area contributed by atoms with E-state index in [1.165, 1.54) is 12.8 Å². The van der Waals surface area contributed by atoms with Gasteiger partial charge in [-0.15, -0.1) is 5.10 Å². The van der Waals surface area contributed by atoms with Crippen molar-refractivity contribution in [1.29, 1.82) is 0 Å². The Morgan fingerprint density at radius 3 is 2.83 bits per heavy atom. The average molecular weight is 166 g/mol. The topological polar surface area (TPSA) is 42.7 Å². The number of nitrogens with zero attached hydrogens (tertiary/aromatic N) is 3. The summed E-state index contributed by atoms with van der Waals surface area (Å²) in [6.07, 6.45) is 4.41. The molecule has 2 rings (SSSR count). The van der Waals surface area contributed by atoms with Crippen molar-refractivity contribution in [2.75, 3.05) is 13.1 Å². The van der Waals surface area contributed by atoms with Crippen LogP contribution in [0.25, 0.3) is 0 Å². The highest BCUT2D eigenvalue weighted by molar-refractivity contribution is 5.03. The zero-order valence-electron chi connectivity index (χ0n) is 7.32. The quantitative estimate of drug-likeness (QED) is 0.651. The Kier molecular flexibility index (Phi) is 2.08. The van der Waals surface area contributed by atoms with Crippen molar-refractivity contribution in [3.63, 3.8) is 0 Å². The third-order valence-corrected chi connectivity index (χ3v) is 2.38. The second-order valence-corrected chi connectivity index (χ2v) is 3.34. The van der Waals surface area contributed by atoms with Crippen molar-refractivity contribution in [3.8, 4) is 0 Å². The van der Waals surface area contributed by atoms with Gasteiger partial charge in [0.2, 0.25) is 0 Å². The zero-order chi connectivity index (χ0) is 8.39. The number of aromatic nitrogens is 3. The van der Waals surface area contributed by atoms with E-state index < -0.39 is 0 Å². The van der Waals surface area contributed by atoms with Crippen LogP contribution in [0.1, 0.15) is 24.5 Å². The van der Waals surface area contributed by atoms with E-state index in [0.717, 1.165) is 18.8 Å². The largest absolute Gasteiger partial charge is 0.317 e. The van der Waals surface area contributed by atoms with Gasteiger partial charge in [0.1, 0.15) is 0 Å². The van der Waals surface area contributed by atoms with Gasteiger partial charge in [0, 0.05) is 19.2 Å². The number of rotatable bonds is 1. The molecule has 12 heavy (non-hydrogen) atoms. The lowest BCUT2D eigenvalue weighted by atomic mass is 9.95. The van der Waals surface area contributed by atoms with Gasteiger partial charge < -0.3 is 5.32 Å². The Hall–Kier alpha value is -0.900. The van der Waals surface area contributed by atoms with Crippen LogP contribution in [0.3, 0.4) is 0 Å². The first-order valence-electron chi connectivity index (χ1n) is 4.43. The van der Waals surface area contributed by atoms with Crippen molar-refractivity contribution in [3.05, 3.63) is 11.9 Å². The van der Waals surface area contributed by atoms with Crippen molar-refractivity contribution in [1.82, 2.24) is 20.3 Å². The molecule has 0 spiro atoms. The summed E-state index contributed by atoms with van der Waals surface area (Å²) in [4.78, 5) is 0. The number of piperidine rings is 1. The molecule has 4 nitrogen and oxygen atoms in total. The van der Waals surface area contributed by atoms with Gasteiger partial charge in [0.05, 0.1) is 5.69 Å². The monoisotopic (exact) mass is 166 g/mol. The number of hydrogen-bond donors (Lipinski definition) is 1. The second-order valence-electron chi connectivity index (χ2n) is 3.34. The minimum atomic E-state index is 0.625. The molecule has 0 aliphatic carbocycles. The molecule has 0 amide bonds. The Balaban J connectivity index is 2.08. The first-order chi connectivity index (χ1) is 5.86. The van der Waals surface area contributed by atoms with Gasteiger partial charge in [-0.1, -0.05) is 5.21 Å². The van der Waals surface area contributed by atoms with Gasteiger partial charge >= 0.3 is 0 Å². The van der Waals surface area contributed by atoms with Crippen LogP contribution in [-0.2, 0) is 7.05 Å². The highest BCUT2D eigenvalue weighted by Crippen LogP contribution is 2.22. The number of aryl methyl sites for hydroxylation is 1. The fraction of sp³-hybridized carbons (Fsp3) is 0.750. The Labute approximate surface area is 72.0 Å². The summed E-state index contributed by atoms with van der Waals surface area (Å²) in [5, 5.41) is 11.4. The second kappa shape index (κ2) is 3.23. The fourth-order valence-electron chi connectivity index (χ4n) is 1.67. The minimum Gasteiger partial charge on any atom is -0.317 e. The Morgan fingerprint density at radius 1 is 1.50 bits per heavy atom. The molecule has 0 radical (unpaired) electrons. The molecule has 66 valence electrons. The average Bonchev–Trinajstić information content (AvgIpc) is 2.54. The maximum atomic E-state index is 4.12. The van der Waals surface area contributed by atoms with Gasteiger partial charge in [-0.25, -0.2) is 0 Å². The smallest absolute Gasteiger partial charge is 0.0858 e. The van der Waals surface area contributed by atoms with Crippen molar-refractivity contribution in [2.24, 2.45) is 7.05 Å². The molecular weight excluding hydrogens is 152 g/mol. The van der Waals surface area contributed by atoms with E-state index in [0.29, 0.717) is 5.92 Å². The van der Waals surface area contributed by atoms with E-state index in [1.807, 2.05) is 13.2 Å². The zero-order valence-corrected chi connectivity index (χ0v) is 7.32. The van der Waals surface area contributed by atoms with Crippen LogP contribution in [0.5, 0.6) is 0 Å². The van der Waals surface area contributed by atoms with E-state index in [4.69, 9.17) is 0 Å². The predicted octanol–water partition coefficient (Wildman–Crippen LogP) is 0.282. The van der Waals surface area contributed by atoms with E-state index in [9.17, 15) is 0 Å². The lowest BCUT2D eigenvalue weighted by Crippen LogP contribution is -2.26. The molecular formula is C8H14N4. The van der Waals surface area contributed by atoms with Crippen molar-refractivity contribution in [2.45, 2.75) is 18.8 Å². The standard InChI is InChI=1S/C8H14N4/c1-12-6-8(10-11-12)7-2-4-9-5-3-7/h6-7,9H,2-5H2,1H3. The van der Waals surface area contributed by atoms with E-state index in [2.05, 4.69) is 15.6 Å². The summed E-state index contributed by atoms with van der Waals surface area (Å²) in [6, 6.07) is 0. The first kappa shape index (κ1) is 7.73. The van der Waals surface area contributed by atoms with E-state index in [1.54, 1.807) is 4.68 Å². The molecule has 0 saturated carbocycles. The Bertz CT molecular complexity index is 249. The van der Waals surface area contributed by atoms with Crippen LogP contribution in [0.15, 0.2) is 6.20 Å². The van der Waals surface area contributed by atoms with Crippen LogP contribution >= 0.6 is 0 Å². The molecule has 1 aliphatic heterocycles. The number of nitrogens with one attached hydrogen (secondary N) is 1. The summed E-state index contributed by atoms with van der Waals surface area (Å²) in [6.45, 7) is 2.22. The molecule has 1 aliphatic rings. The van der Waals surface area contributed by atoms with Gasteiger partial charge in [0.25, 0.3) is 0 Å². The normalized spacial score (nSPS) is 19.8. The lowest BCUT2D eigenvalue weighted by molar-refractivity contribution is 0.453. The molecule has 1 aromatic heterocycles. The molecule has 1 aromatic rings. The summed E-state index contributed by atoms with van der Waals surface area (Å²) >= 11 is 0. The number of hydrogen-bond acceptors (Lipinski definition) is 3. The summed E-state index contributed by atoms with van der Waals surface area (Å²) in [5.41, 5.74) is 1.15. The highest BCUT2D eigenvalue weighted by Gasteiger charge is 2.17. The maximum Gasteiger partial charge on any atom is 0.0858 e. The molecule has 0 bridgehead atoms. The lowest BCUT2D eigenvalue weighted by Gasteiger charge is -2.19. The SMILES string of the molecule is Cn1cc(C2CCNCC2)nn1. The van der Waals surface area contributed by atoms with Crippen LogP contribution in [0.4, 0.5) is 0 Å². The predicted molar refractivity (Wildman–Crippen MR) is 45.8 cm³/mol. The van der Waals surface area contributed by atoms with Gasteiger partial charge in [0.15, 0.2) is 0 Å². The maximum absolute atomic E-state index is 4.12. The summed E-state index contributed by atoms with van der Waals surface area (Å²) in [7, 11) is 1.91. The molecule has 0 atom stereocenters. The van der Waals surface area contributed by atoms with Gasteiger partial charge in [-0.2, -0.15) is 0 Å². The molecule has 0 unspecified atom stereocenters. The first-order valence-corrected chi connectivity index (χ1v) is 4.43. The van der Waals surface area contributed by atoms with Gasteiger partial charge in [-0.3, -0.25) is 4.68 Å². The fourth-order valence-corrected chi connectivity index (χ4v) is 1.67. The molecule has 1 N–H and O–H groups in total. The third-order valence-electron chi connectivity index (χ3n) is 2.38. The molecule has 0 aromatic carbocycles. The van der Waals surface area contributed by atoms with E-state index >= 15 is 0 Å². The van der Waals surface area contributed by atoms with E-state index in [-0.39, 0.29) is 0 Å². The van der Waals surface area contributed by atoms with Crippen LogP contribution in [0.2, 0.25) is 0 Å². The third kappa shape index (κ3) is 1.48. The molecule has 2 heterocycles. The van der Waals surface area contributed by atoms with Crippen LogP contribution < -0.4 is 5.32 Å². The van der Waals surface area contributed by atoms with Crippen molar-refractivity contribution >= 4 is 0 Å². The van der Waals surface area contributed by atoms with Crippen molar-refractivity contribution < 1.29 is 0 Å². The Morgan fingerprint density at radius 2 is 2.25 bits per heavy atom. The van der Waals surface area contributed by atoms with Gasteiger partial charge in [-0.05, 0) is 25.9 Å². The minimum absolute atomic E-state index is 0.625. The highest BCUT2D eigenvalue weighted by atomic mass is 15.4. The molecule has 1 fully saturated rings. The summed E-state index contributed by atoms with van der Waals surface area (Å²) < 4.78 is 1.78. The molecule has 4 heteroatoms. The summed E-state index contributed by atoms with van der Waals surface area (Å²) in [5.74, 6) is 0.625. The van der Waals surface area contributed by atoms with Crippen LogP contribution in [-0.4, -0.2) is 28.1 Å².